The fraction of sp³-hybridized carbons (Fsp3) is 0.667. The number of benzene rings is 1. The van der Waals surface area contributed by atoms with Crippen LogP contribution < -0.4 is 5.32 Å². The third-order valence-corrected chi connectivity index (χ3v) is 4.53. The monoisotopic (exact) mass is 277 g/mol. The fourth-order valence-corrected chi connectivity index (χ4v) is 2.64. The first-order chi connectivity index (χ1) is 9.49. The van der Waals surface area contributed by atoms with Crippen molar-refractivity contribution in [2.45, 2.75) is 58.0 Å². The van der Waals surface area contributed by atoms with Crippen LogP contribution in [0.15, 0.2) is 30.3 Å². The van der Waals surface area contributed by atoms with Gasteiger partial charge in [-0.15, -0.1) is 0 Å². The molecule has 1 atom stereocenters. The molecule has 0 aliphatic heterocycles. The summed E-state index contributed by atoms with van der Waals surface area (Å²) in [5.41, 5.74) is 1.59. The van der Waals surface area contributed by atoms with Crippen molar-refractivity contribution in [1.82, 2.24) is 5.32 Å². The summed E-state index contributed by atoms with van der Waals surface area (Å²) in [6.07, 6.45) is 3.35. The predicted octanol–water partition coefficient (Wildman–Crippen LogP) is 4.15. The molecule has 0 spiro atoms. The van der Waals surface area contributed by atoms with Gasteiger partial charge in [-0.2, -0.15) is 0 Å². The Balaban J connectivity index is 2.94. The second kappa shape index (κ2) is 7.80. The highest BCUT2D eigenvalue weighted by atomic mass is 16.5. The summed E-state index contributed by atoms with van der Waals surface area (Å²) in [5, 5.41) is 3.55. The summed E-state index contributed by atoms with van der Waals surface area (Å²) in [6.45, 7) is 10.9. The normalized spacial score (nSPS) is 15.1. The molecule has 0 saturated carbocycles. The number of ether oxygens (including phenoxy) is 1. The maximum absolute atomic E-state index is 5.60. The van der Waals surface area contributed by atoms with Gasteiger partial charge in [-0.3, -0.25) is 0 Å². The summed E-state index contributed by atoms with van der Waals surface area (Å²) in [5.74, 6) is 0. The van der Waals surface area contributed by atoms with Crippen molar-refractivity contribution in [2.75, 3.05) is 20.2 Å². The molecule has 1 unspecified atom stereocenters. The summed E-state index contributed by atoms with van der Waals surface area (Å²) in [7, 11) is 1.81. The molecule has 0 heterocycles. The predicted molar refractivity (Wildman–Crippen MR) is 87.3 cm³/mol. The van der Waals surface area contributed by atoms with Crippen LogP contribution in [-0.4, -0.2) is 25.8 Å². The number of hydrogen-bond acceptors (Lipinski definition) is 2. The van der Waals surface area contributed by atoms with E-state index < -0.39 is 0 Å². The number of rotatable bonds is 9. The standard InChI is InChI=1S/C18H31NO/c1-6-18(15-19-7-2,14-13-17(3,4)20-5)16-11-9-8-10-12-16/h8-12,19H,6-7,13-15H2,1-5H3. The van der Waals surface area contributed by atoms with Gasteiger partial charge in [-0.25, -0.2) is 0 Å². The highest BCUT2D eigenvalue weighted by Gasteiger charge is 2.32. The van der Waals surface area contributed by atoms with Crippen molar-refractivity contribution in [2.24, 2.45) is 0 Å². The summed E-state index contributed by atoms with van der Waals surface area (Å²) < 4.78 is 5.60. The van der Waals surface area contributed by atoms with Crippen LogP contribution in [0.4, 0.5) is 0 Å². The minimum absolute atomic E-state index is 0.0542. The summed E-state index contributed by atoms with van der Waals surface area (Å²) >= 11 is 0. The molecule has 0 saturated heterocycles. The SMILES string of the molecule is CCNCC(CC)(CCC(C)(C)OC)c1ccccc1. The molecule has 1 rings (SSSR count). The van der Waals surface area contributed by atoms with Crippen molar-refractivity contribution in [3.8, 4) is 0 Å². The Kier molecular flexibility index (Phi) is 6.70. The number of nitrogens with one attached hydrogen (secondary N) is 1. The van der Waals surface area contributed by atoms with Gasteiger partial charge in [0.2, 0.25) is 0 Å². The molecule has 1 N–H and O–H groups in total. The van der Waals surface area contributed by atoms with E-state index in [0.717, 1.165) is 32.4 Å². The van der Waals surface area contributed by atoms with E-state index in [1.165, 1.54) is 5.56 Å². The topological polar surface area (TPSA) is 21.3 Å². The first kappa shape index (κ1) is 17.2. The van der Waals surface area contributed by atoms with Gasteiger partial charge in [-0.1, -0.05) is 44.2 Å². The third kappa shape index (κ3) is 4.60. The van der Waals surface area contributed by atoms with Crippen molar-refractivity contribution in [3.05, 3.63) is 35.9 Å². The third-order valence-electron chi connectivity index (χ3n) is 4.53. The van der Waals surface area contributed by atoms with E-state index in [2.05, 4.69) is 63.3 Å². The van der Waals surface area contributed by atoms with E-state index >= 15 is 0 Å². The van der Waals surface area contributed by atoms with E-state index in [4.69, 9.17) is 4.74 Å². The lowest BCUT2D eigenvalue weighted by Gasteiger charge is -2.36. The Bertz CT molecular complexity index is 374. The zero-order valence-corrected chi connectivity index (χ0v) is 13.8. The van der Waals surface area contributed by atoms with E-state index in [1.807, 2.05) is 0 Å². The first-order valence-corrected chi connectivity index (χ1v) is 7.81. The van der Waals surface area contributed by atoms with E-state index in [1.54, 1.807) is 7.11 Å². The van der Waals surface area contributed by atoms with Gasteiger partial charge in [0.15, 0.2) is 0 Å². The Morgan fingerprint density at radius 2 is 1.70 bits per heavy atom. The van der Waals surface area contributed by atoms with E-state index in [-0.39, 0.29) is 11.0 Å². The lowest BCUT2D eigenvalue weighted by molar-refractivity contribution is 0.00823. The number of methoxy groups -OCH3 is 1. The van der Waals surface area contributed by atoms with Gasteiger partial charge in [0.25, 0.3) is 0 Å². The first-order valence-electron chi connectivity index (χ1n) is 7.81. The van der Waals surface area contributed by atoms with Crippen molar-refractivity contribution in [1.29, 1.82) is 0 Å². The molecule has 114 valence electrons. The molecule has 20 heavy (non-hydrogen) atoms. The molecular weight excluding hydrogens is 246 g/mol. The fourth-order valence-electron chi connectivity index (χ4n) is 2.64. The molecule has 0 aromatic heterocycles. The molecule has 2 nitrogen and oxygen atoms in total. The van der Waals surface area contributed by atoms with Gasteiger partial charge < -0.3 is 10.1 Å². The second-order valence-corrected chi connectivity index (χ2v) is 6.24. The summed E-state index contributed by atoms with van der Waals surface area (Å²) in [6, 6.07) is 10.9. The van der Waals surface area contributed by atoms with Gasteiger partial charge in [0, 0.05) is 19.1 Å². The highest BCUT2D eigenvalue weighted by Crippen LogP contribution is 2.35. The molecule has 0 aliphatic carbocycles. The van der Waals surface area contributed by atoms with Crippen LogP contribution in [0.3, 0.4) is 0 Å². The average Bonchev–Trinajstić information content (AvgIpc) is 2.49. The zero-order chi connectivity index (χ0) is 15.1. The van der Waals surface area contributed by atoms with Crippen LogP contribution >= 0.6 is 0 Å². The lowest BCUT2D eigenvalue weighted by atomic mass is 9.73. The Hall–Kier alpha value is -0.860. The molecule has 0 fully saturated rings. The van der Waals surface area contributed by atoms with Crippen LogP contribution in [-0.2, 0) is 10.2 Å². The van der Waals surface area contributed by atoms with Crippen LogP contribution in [0.5, 0.6) is 0 Å². The van der Waals surface area contributed by atoms with Gasteiger partial charge in [0.05, 0.1) is 5.60 Å². The highest BCUT2D eigenvalue weighted by molar-refractivity contribution is 5.26. The van der Waals surface area contributed by atoms with Crippen LogP contribution in [0.2, 0.25) is 0 Å². The summed E-state index contributed by atoms with van der Waals surface area (Å²) in [4.78, 5) is 0. The van der Waals surface area contributed by atoms with Crippen molar-refractivity contribution >= 4 is 0 Å². The second-order valence-electron chi connectivity index (χ2n) is 6.24. The minimum atomic E-state index is -0.0542. The van der Waals surface area contributed by atoms with Crippen molar-refractivity contribution in [3.63, 3.8) is 0 Å². The van der Waals surface area contributed by atoms with E-state index in [0.29, 0.717) is 0 Å². The minimum Gasteiger partial charge on any atom is -0.379 e. The van der Waals surface area contributed by atoms with Crippen molar-refractivity contribution < 1.29 is 4.74 Å². The Morgan fingerprint density at radius 3 is 2.20 bits per heavy atom. The van der Waals surface area contributed by atoms with Crippen LogP contribution in [0.1, 0.15) is 52.5 Å². The largest absolute Gasteiger partial charge is 0.379 e. The average molecular weight is 277 g/mol. The molecule has 1 aromatic carbocycles. The zero-order valence-electron chi connectivity index (χ0n) is 13.8. The molecule has 2 heteroatoms. The van der Waals surface area contributed by atoms with Crippen LogP contribution in [0, 0.1) is 0 Å². The molecular formula is C18H31NO. The van der Waals surface area contributed by atoms with E-state index in [9.17, 15) is 0 Å². The van der Waals surface area contributed by atoms with Gasteiger partial charge in [-0.05, 0) is 45.2 Å². The number of hydrogen-bond donors (Lipinski definition) is 1. The quantitative estimate of drug-likeness (QED) is 0.732. The molecule has 1 aromatic rings. The van der Waals surface area contributed by atoms with Crippen LogP contribution in [0.25, 0.3) is 0 Å². The Morgan fingerprint density at radius 1 is 1.05 bits per heavy atom. The smallest absolute Gasteiger partial charge is 0.0623 e. The maximum atomic E-state index is 5.60. The Labute approximate surface area is 124 Å². The maximum Gasteiger partial charge on any atom is 0.0623 e. The van der Waals surface area contributed by atoms with Gasteiger partial charge in [0.1, 0.15) is 0 Å². The van der Waals surface area contributed by atoms with Gasteiger partial charge >= 0.3 is 0 Å². The number of likely N-dealkylation sites (N-methyl/N-ethyl adjacent to an activating group) is 1. The lowest BCUT2D eigenvalue weighted by Crippen LogP contribution is -2.39. The molecule has 0 radical (unpaired) electrons. The molecule has 0 aliphatic rings. The molecule has 0 bridgehead atoms. The molecule has 0 amide bonds.